The summed E-state index contributed by atoms with van der Waals surface area (Å²) in [6, 6.07) is 8.02. The second-order valence-corrected chi connectivity index (χ2v) is 9.88. The van der Waals surface area contributed by atoms with Crippen LogP contribution in [-0.2, 0) is 30.2 Å². The SMILES string of the molecule is C=C[C@@H]1[C@@H](O[C@@H]2O[C@H](CO)[C@@H](O)[C@H](O)[C@H]2O)OC=C(C(=O)OC)[C@@H]1C[C@@H]1NCCc2c1[nH]c1ccccc21. The highest BCUT2D eigenvalue weighted by atomic mass is 16.8. The largest absolute Gasteiger partial charge is 0.471 e. The van der Waals surface area contributed by atoms with E-state index < -0.39 is 61.4 Å². The Bertz CT molecular complexity index is 1190. The molecule has 5 rings (SSSR count). The number of carbonyl (C=O) groups excluding carboxylic acids is 1. The molecule has 11 nitrogen and oxygen atoms in total. The Kier molecular flexibility index (Phi) is 7.87. The summed E-state index contributed by atoms with van der Waals surface area (Å²) in [6.45, 7) is 4.13. The fourth-order valence-electron chi connectivity index (χ4n) is 5.74. The van der Waals surface area contributed by atoms with Gasteiger partial charge in [0.1, 0.15) is 24.4 Å². The van der Waals surface area contributed by atoms with Gasteiger partial charge in [-0.15, -0.1) is 6.58 Å². The Balaban J connectivity index is 1.43. The predicted octanol–water partition coefficient (Wildman–Crippen LogP) is 0.393. The van der Waals surface area contributed by atoms with E-state index in [0.717, 1.165) is 24.2 Å². The lowest BCUT2D eigenvalue weighted by atomic mass is 9.78. The molecule has 6 N–H and O–H groups in total. The summed E-state index contributed by atoms with van der Waals surface area (Å²) < 4.78 is 22.2. The minimum Gasteiger partial charge on any atom is -0.471 e. The summed E-state index contributed by atoms with van der Waals surface area (Å²) in [6.07, 6.45) is -4.03. The number of carbonyl (C=O) groups is 1. The monoisotopic (exact) mass is 530 g/mol. The fourth-order valence-corrected chi connectivity index (χ4v) is 5.74. The van der Waals surface area contributed by atoms with Crippen molar-refractivity contribution in [2.24, 2.45) is 11.8 Å². The van der Waals surface area contributed by atoms with Gasteiger partial charge in [0, 0.05) is 34.5 Å². The summed E-state index contributed by atoms with van der Waals surface area (Å²) in [7, 11) is 1.30. The maximum absolute atomic E-state index is 12.7. The lowest BCUT2D eigenvalue weighted by Gasteiger charge is -2.43. The molecule has 3 aliphatic rings. The van der Waals surface area contributed by atoms with Crippen LogP contribution in [0.2, 0.25) is 0 Å². The Morgan fingerprint density at radius 1 is 1.18 bits per heavy atom. The number of benzene rings is 1. The second-order valence-electron chi connectivity index (χ2n) is 9.88. The van der Waals surface area contributed by atoms with Crippen LogP contribution in [0.15, 0.2) is 48.8 Å². The van der Waals surface area contributed by atoms with Crippen LogP contribution in [0, 0.1) is 11.8 Å². The molecule has 0 spiro atoms. The third kappa shape index (κ3) is 4.75. The van der Waals surface area contributed by atoms with Crippen LogP contribution in [-0.4, -0.2) is 88.6 Å². The number of aromatic nitrogens is 1. The average Bonchev–Trinajstić information content (AvgIpc) is 3.33. The van der Waals surface area contributed by atoms with Gasteiger partial charge in [-0.3, -0.25) is 0 Å². The number of H-pyrrole nitrogens is 1. The zero-order chi connectivity index (χ0) is 27.0. The van der Waals surface area contributed by atoms with Crippen LogP contribution in [0.1, 0.15) is 23.7 Å². The zero-order valence-corrected chi connectivity index (χ0v) is 21.0. The van der Waals surface area contributed by atoms with E-state index in [1.54, 1.807) is 6.08 Å². The number of fused-ring (bicyclic) bond motifs is 3. The first-order valence-electron chi connectivity index (χ1n) is 12.7. The molecule has 0 saturated carbocycles. The molecule has 0 bridgehead atoms. The van der Waals surface area contributed by atoms with Gasteiger partial charge in [0.05, 0.1) is 25.6 Å². The van der Waals surface area contributed by atoms with Crippen LogP contribution in [0.25, 0.3) is 10.9 Å². The van der Waals surface area contributed by atoms with E-state index in [1.165, 1.54) is 24.3 Å². The van der Waals surface area contributed by atoms with Crippen LogP contribution in [0.3, 0.4) is 0 Å². The van der Waals surface area contributed by atoms with Crippen LogP contribution in [0.5, 0.6) is 0 Å². The molecule has 38 heavy (non-hydrogen) atoms. The Morgan fingerprint density at radius 2 is 1.97 bits per heavy atom. The van der Waals surface area contributed by atoms with Gasteiger partial charge in [-0.2, -0.15) is 0 Å². The first-order chi connectivity index (χ1) is 18.4. The number of hydrogen-bond acceptors (Lipinski definition) is 10. The van der Waals surface area contributed by atoms with E-state index in [9.17, 15) is 25.2 Å². The van der Waals surface area contributed by atoms with Gasteiger partial charge >= 0.3 is 5.97 Å². The Hall–Kier alpha value is -2.77. The average molecular weight is 531 g/mol. The van der Waals surface area contributed by atoms with Crippen molar-refractivity contribution in [3.63, 3.8) is 0 Å². The molecule has 1 fully saturated rings. The van der Waals surface area contributed by atoms with Crippen molar-refractivity contribution in [1.29, 1.82) is 0 Å². The molecule has 11 heteroatoms. The first-order valence-corrected chi connectivity index (χ1v) is 12.7. The third-order valence-electron chi connectivity index (χ3n) is 7.77. The summed E-state index contributed by atoms with van der Waals surface area (Å²) in [4.78, 5) is 16.3. The van der Waals surface area contributed by atoms with Gasteiger partial charge in [0.2, 0.25) is 6.29 Å². The lowest BCUT2D eigenvalue weighted by Crippen LogP contribution is -2.60. The van der Waals surface area contributed by atoms with Crippen LogP contribution in [0.4, 0.5) is 0 Å². The van der Waals surface area contributed by atoms with Crippen molar-refractivity contribution in [2.45, 2.75) is 55.9 Å². The fraction of sp³-hybridized carbons (Fsp3) is 0.519. The highest BCUT2D eigenvalue weighted by molar-refractivity contribution is 5.89. The summed E-state index contributed by atoms with van der Waals surface area (Å²) >= 11 is 0. The number of rotatable bonds is 7. The number of para-hydroxylation sites is 1. The van der Waals surface area contributed by atoms with Gasteiger partial charge in [-0.1, -0.05) is 24.3 Å². The Morgan fingerprint density at radius 3 is 2.71 bits per heavy atom. The molecule has 0 unspecified atom stereocenters. The van der Waals surface area contributed by atoms with Crippen molar-refractivity contribution in [3.05, 3.63) is 60.0 Å². The maximum atomic E-state index is 12.7. The summed E-state index contributed by atoms with van der Waals surface area (Å²) in [5.41, 5.74) is 3.66. The minimum absolute atomic E-state index is 0.113. The van der Waals surface area contributed by atoms with Gasteiger partial charge in [-0.05, 0) is 31.0 Å². The number of methoxy groups -OCH3 is 1. The molecule has 206 valence electrons. The topological polar surface area (TPSA) is 163 Å². The molecule has 0 amide bonds. The molecule has 1 saturated heterocycles. The van der Waals surface area contributed by atoms with E-state index in [0.29, 0.717) is 12.0 Å². The number of aromatic amines is 1. The minimum atomic E-state index is -1.60. The molecule has 4 heterocycles. The summed E-state index contributed by atoms with van der Waals surface area (Å²) in [5, 5.41) is 45.0. The first kappa shape index (κ1) is 26.8. The third-order valence-corrected chi connectivity index (χ3v) is 7.77. The van der Waals surface area contributed by atoms with E-state index in [4.69, 9.17) is 18.9 Å². The highest BCUT2D eigenvalue weighted by Gasteiger charge is 2.48. The van der Waals surface area contributed by atoms with Crippen LogP contribution < -0.4 is 5.32 Å². The number of hydrogen-bond donors (Lipinski definition) is 6. The molecule has 0 radical (unpaired) electrons. The second kappa shape index (κ2) is 11.1. The van der Waals surface area contributed by atoms with Crippen LogP contribution >= 0.6 is 0 Å². The van der Waals surface area contributed by atoms with E-state index in [-0.39, 0.29) is 6.04 Å². The van der Waals surface area contributed by atoms with Crippen molar-refractivity contribution in [2.75, 3.05) is 20.3 Å². The lowest BCUT2D eigenvalue weighted by molar-refractivity contribution is -0.339. The number of nitrogens with one attached hydrogen (secondary N) is 2. The highest BCUT2D eigenvalue weighted by Crippen LogP contribution is 2.42. The van der Waals surface area contributed by atoms with E-state index in [1.807, 2.05) is 18.2 Å². The smallest absolute Gasteiger partial charge is 0.337 e. The van der Waals surface area contributed by atoms with Crippen molar-refractivity contribution in [1.82, 2.24) is 10.3 Å². The molecule has 2 aromatic rings. The number of aliphatic hydroxyl groups is 4. The molecular formula is C27H34N2O9. The normalized spacial score (nSPS) is 35.2. The standard InChI is InChI=1S/C27H34N2O9/c1-3-13-16(10-19-21-15(8-9-28-19)14-6-4-5-7-18(14)29-21)17(25(34)35-2)12-36-26(13)38-27-24(33)23(32)22(31)20(11-30)37-27/h3-7,12-13,16,19-20,22-24,26-33H,1,8-11H2,2H3/t13-,16+,19-,20+,22+,23-,24+,26+,27-/m0/s1. The summed E-state index contributed by atoms with van der Waals surface area (Å²) in [5.74, 6) is -1.56. The molecule has 0 aliphatic carbocycles. The molecule has 9 atom stereocenters. The van der Waals surface area contributed by atoms with Gasteiger partial charge < -0.3 is 49.7 Å². The molecule has 3 aliphatic heterocycles. The quantitative estimate of drug-likeness (QED) is 0.218. The number of esters is 1. The molecule has 1 aromatic heterocycles. The van der Waals surface area contributed by atoms with E-state index in [2.05, 4.69) is 22.9 Å². The van der Waals surface area contributed by atoms with Crippen molar-refractivity contribution in [3.8, 4) is 0 Å². The number of ether oxygens (including phenoxy) is 4. The van der Waals surface area contributed by atoms with Gasteiger partial charge in [-0.25, -0.2) is 4.79 Å². The van der Waals surface area contributed by atoms with Gasteiger partial charge in [0.15, 0.2) is 6.29 Å². The van der Waals surface area contributed by atoms with Crippen molar-refractivity contribution < 1.29 is 44.2 Å². The number of aliphatic hydroxyl groups excluding tert-OH is 4. The zero-order valence-electron chi connectivity index (χ0n) is 21.0. The Labute approximate surface area is 219 Å². The van der Waals surface area contributed by atoms with Gasteiger partial charge in [0.25, 0.3) is 0 Å². The maximum Gasteiger partial charge on any atom is 0.337 e. The van der Waals surface area contributed by atoms with Crippen molar-refractivity contribution >= 4 is 16.9 Å². The molecular weight excluding hydrogens is 496 g/mol. The molecule has 1 aromatic carbocycles. The predicted molar refractivity (Wildman–Crippen MR) is 134 cm³/mol. The van der Waals surface area contributed by atoms with E-state index >= 15 is 0 Å².